The zero-order valence-electron chi connectivity index (χ0n) is 11.0. The molecule has 2 heteroatoms. The van der Waals surface area contributed by atoms with Crippen molar-refractivity contribution in [2.45, 2.75) is 18.8 Å². The summed E-state index contributed by atoms with van der Waals surface area (Å²) in [7, 11) is 2.23. The fourth-order valence-corrected chi connectivity index (χ4v) is 3.97. The Kier molecular flexibility index (Phi) is 2.28. The third kappa shape index (κ3) is 1.45. The van der Waals surface area contributed by atoms with Crippen molar-refractivity contribution in [1.82, 2.24) is 9.47 Å². The normalized spacial score (nSPS) is 31.1. The molecule has 1 atom stereocenters. The molecule has 0 N–H and O–H groups in total. The Morgan fingerprint density at radius 1 is 1.11 bits per heavy atom. The van der Waals surface area contributed by atoms with Crippen LogP contribution in [-0.4, -0.2) is 29.1 Å². The van der Waals surface area contributed by atoms with Crippen LogP contribution in [0.4, 0.5) is 0 Å². The van der Waals surface area contributed by atoms with Gasteiger partial charge in [-0.1, -0.05) is 18.2 Å². The number of aryl methyl sites for hydroxylation is 1. The quantitative estimate of drug-likeness (QED) is 0.744. The van der Waals surface area contributed by atoms with Crippen molar-refractivity contribution in [2.24, 2.45) is 13.0 Å². The standard InChI is InChI=1S/C16H20N2/c1-17-15-5-3-2-4-13(15)10-16(17)14-11-18-8-6-12(14)7-9-18/h2-5,10,12,14H,6-9,11H2,1H3. The molecule has 0 aliphatic carbocycles. The molecule has 2 bridgehead atoms. The monoisotopic (exact) mass is 240 g/mol. The van der Waals surface area contributed by atoms with Crippen molar-refractivity contribution in [3.05, 3.63) is 36.0 Å². The van der Waals surface area contributed by atoms with E-state index in [4.69, 9.17) is 0 Å². The Balaban J connectivity index is 1.80. The van der Waals surface area contributed by atoms with Crippen LogP contribution in [0, 0.1) is 5.92 Å². The predicted octanol–water partition coefficient (Wildman–Crippen LogP) is 2.99. The van der Waals surface area contributed by atoms with Gasteiger partial charge in [-0.15, -0.1) is 0 Å². The lowest BCUT2D eigenvalue weighted by Crippen LogP contribution is -2.46. The van der Waals surface area contributed by atoms with E-state index in [0.717, 1.165) is 11.8 Å². The highest BCUT2D eigenvalue weighted by atomic mass is 15.2. The van der Waals surface area contributed by atoms with Crippen molar-refractivity contribution >= 4 is 10.9 Å². The van der Waals surface area contributed by atoms with Gasteiger partial charge >= 0.3 is 0 Å². The Hall–Kier alpha value is -1.28. The molecule has 4 heterocycles. The molecule has 3 aliphatic rings. The minimum absolute atomic E-state index is 0.755. The molecule has 1 aromatic carbocycles. The highest BCUT2D eigenvalue weighted by Crippen LogP contribution is 2.40. The molecule has 5 rings (SSSR count). The number of aromatic nitrogens is 1. The first kappa shape index (κ1) is 10.6. The summed E-state index contributed by atoms with van der Waals surface area (Å²) in [4.78, 5) is 2.64. The smallest absolute Gasteiger partial charge is 0.0479 e. The van der Waals surface area contributed by atoms with E-state index in [1.807, 2.05) is 0 Å². The van der Waals surface area contributed by atoms with Gasteiger partial charge in [0.1, 0.15) is 0 Å². The second-order valence-corrected chi connectivity index (χ2v) is 5.93. The minimum Gasteiger partial charge on any atom is -0.347 e. The van der Waals surface area contributed by atoms with E-state index in [2.05, 4.69) is 46.8 Å². The lowest BCUT2D eigenvalue weighted by molar-refractivity contribution is 0.0845. The van der Waals surface area contributed by atoms with E-state index >= 15 is 0 Å². The van der Waals surface area contributed by atoms with Crippen LogP contribution in [0.1, 0.15) is 24.5 Å². The fourth-order valence-electron chi connectivity index (χ4n) is 3.97. The van der Waals surface area contributed by atoms with Gasteiger partial charge in [0.2, 0.25) is 0 Å². The van der Waals surface area contributed by atoms with Crippen molar-refractivity contribution in [2.75, 3.05) is 19.6 Å². The number of para-hydroxylation sites is 1. The maximum absolute atomic E-state index is 2.64. The topological polar surface area (TPSA) is 8.17 Å². The maximum atomic E-state index is 2.64. The van der Waals surface area contributed by atoms with Crippen molar-refractivity contribution in [1.29, 1.82) is 0 Å². The second kappa shape index (κ2) is 3.86. The third-order valence-corrected chi connectivity index (χ3v) is 5.02. The third-order valence-electron chi connectivity index (χ3n) is 5.02. The summed E-state index contributed by atoms with van der Waals surface area (Å²) in [6.45, 7) is 3.92. The SMILES string of the molecule is Cn1c(C2CN3CCC2CC3)cc2ccccc21. The van der Waals surface area contributed by atoms with Gasteiger partial charge < -0.3 is 9.47 Å². The van der Waals surface area contributed by atoms with Crippen LogP contribution in [0.15, 0.2) is 30.3 Å². The molecule has 18 heavy (non-hydrogen) atoms. The van der Waals surface area contributed by atoms with E-state index in [0.29, 0.717) is 0 Å². The van der Waals surface area contributed by atoms with E-state index in [1.54, 1.807) is 5.69 Å². The van der Waals surface area contributed by atoms with Crippen molar-refractivity contribution in [3.8, 4) is 0 Å². The van der Waals surface area contributed by atoms with Gasteiger partial charge in [-0.05, 0) is 49.4 Å². The first-order valence-electron chi connectivity index (χ1n) is 7.09. The molecule has 3 fully saturated rings. The highest BCUT2D eigenvalue weighted by Gasteiger charge is 2.36. The number of piperidine rings is 3. The van der Waals surface area contributed by atoms with E-state index < -0.39 is 0 Å². The largest absolute Gasteiger partial charge is 0.347 e. The molecule has 3 aliphatic heterocycles. The van der Waals surface area contributed by atoms with Crippen LogP contribution in [0.25, 0.3) is 10.9 Å². The number of hydrogen-bond acceptors (Lipinski definition) is 1. The summed E-state index contributed by atoms with van der Waals surface area (Å²) < 4.78 is 2.42. The molecule has 0 spiro atoms. The van der Waals surface area contributed by atoms with Gasteiger partial charge in [-0.3, -0.25) is 0 Å². The predicted molar refractivity (Wildman–Crippen MR) is 74.8 cm³/mol. The van der Waals surface area contributed by atoms with Crippen LogP contribution < -0.4 is 0 Å². The highest BCUT2D eigenvalue weighted by molar-refractivity contribution is 5.81. The Labute approximate surface area is 108 Å². The van der Waals surface area contributed by atoms with Gasteiger partial charge in [0.15, 0.2) is 0 Å². The lowest BCUT2D eigenvalue weighted by atomic mass is 9.77. The molecule has 0 radical (unpaired) electrons. The number of benzene rings is 1. The first-order valence-corrected chi connectivity index (χ1v) is 7.09. The van der Waals surface area contributed by atoms with Crippen molar-refractivity contribution < 1.29 is 0 Å². The molecule has 0 saturated carbocycles. The van der Waals surface area contributed by atoms with Crippen LogP contribution >= 0.6 is 0 Å². The van der Waals surface area contributed by atoms with E-state index in [1.165, 1.54) is 43.4 Å². The van der Waals surface area contributed by atoms with Crippen molar-refractivity contribution in [3.63, 3.8) is 0 Å². The van der Waals surface area contributed by atoms with Crippen LogP contribution in [0.2, 0.25) is 0 Å². The molecule has 94 valence electrons. The Morgan fingerprint density at radius 2 is 1.89 bits per heavy atom. The fraction of sp³-hybridized carbons (Fsp3) is 0.500. The molecule has 3 saturated heterocycles. The summed E-state index contributed by atoms with van der Waals surface area (Å²) in [5.74, 6) is 1.67. The van der Waals surface area contributed by atoms with Gasteiger partial charge in [0.05, 0.1) is 0 Å². The number of hydrogen-bond donors (Lipinski definition) is 0. The summed E-state index contributed by atoms with van der Waals surface area (Å²) in [5.41, 5.74) is 2.93. The number of nitrogens with zero attached hydrogens (tertiary/aromatic N) is 2. The molecular weight excluding hydrogens is 220 g/mol. The molecule has 1 unspecified atom stereocenters. The van der Waals surface area contributed by atoms with Gasteiger partial charge in [-0.25, -0.2) is 0 Å². The number of fused-ring (bicyclic) bond motifs is 4. The number of rotatable bonds is 1. The summed E-state index contributed by atoms with van der Waals surface area (Å²) in [5, 5.41) is 1.39. The van der Waals surface area contributed by atoms with Crippen LogP contribution in [0.5, 0.6) is 0 Å². The summed E-state index contributed by atoms with van der Waals surface area (Å²) in [6, 6.07) is 11.2. The van der Waals surface area contributed by atoms with Gasteiger partial charge in [-0.2, -0.15) is 0 Å². The zero-order valence-corrected chi connectivity index (χ0v) is 11.0. The summed E-state index contributed by atoms with van der Waals surface area (Å²) >= 11 is 0. The summed E-state index contributed by atoms with van der Waals surface area (Å²) in [6.07, 6.45) is 2.79. The van der Waals surface area contributed by atoms with Gasteiger partial charge in [0.25, 0.3) is 0 Å². The maximum Gasteiger partial charge on any atom is 0.0479 e. The van der Waals surface area contributed by atoms with E-state index in [9.17, 15) is 0 Å². The average molecular weight is 240 g/mol. The average Bonchev–Trinajstić information content (AvgIpc) is 2.78. The molecule has 2 aromatic rings. The molecule has 1 aromatic heterocycles. The van der Waals surface area contributed by atoms with Crippen LogP contribution in [-0.2, 0) is 7.05 Å². The molecule has 2 nitrogen and oxygen atoms in total. The Morgan fingerprint density at radius 3 is 2.56 bits per heavy atom. The lowest BCUT2D eigenvalue weighted by Gasteiger charge is -2.45. The minimum atomic E-state index is 0.755. The van der Waals surface area contributed by atoms with E-state index in [-0.39, 0.29) is 0 Å². The first-order chi connectivity index (χ1) is 8.83. The molecular formula is C16H20N2. The zero-order chi connectivity index (χ0) is 12.1. The molecule has 0 amide bonds. The second-order valence-electron chi connectivity index (χ2n) is 5.93. The van der Waals surface area contributed by atoms with Gasteiger partial charge in [0, 0.05) is 30.7 Å². The van der Waals surface area contributed by atoms with Crippen LogP contribution in [0.3, 0.4) is 0 Å². The Bertz CT molecular complexity index is 576.